The Balaban J connectivity index is 1.52. The van der Waals surface area contributed by atoms with E-state index in [-0.39, 0.29) is 17.9 Å². The van der Waals surface area contributed by atoms with E-state index < -0.39 is 17.8 Å². The van der Waals surface area contributed by atoms with Crippen molar-refractivity contribution in [2.45, 2.75) is 25.6 Å². The summed E-state index contributed by atoms with van der Waals surface area (Å²) in [6.45, 7) is 2.94. The molecular formula is C22H20F3N3O2S. The summed E-state index contributed by atoms with van der Waals surface area (Å²) in [5.41, 5.74) is 2.96. The van der Waals surface area contributed by atoms with E-state index in [4.69, 9.17) is 4.74 Å². The molecule has 0 radical (unpaired) electrons. The molecule has 0 spiro atoms. The third-order valence-corrected chi connectivity index (χ3v) is 6.06. The zero-order chi connectivity index (χ0) is 22.0. The Hall–Kier alpha value is -2.78. The van der Waals surface area contributed by atoms with Crippen LogP contribution in [0.5, 0.6) is 0 Å². The van der Waals surface area contributed by atoms with Crippen LogP contribution in [0, 0.1) is 6.92 Å². The number of benzene rings is 1. The van der Waals surface area contributed by atoms with Crippen LogP contribution < -0.4 is 0 Å². The molecule has 3 heterocycles. The summed E-state index contributed by atoms with van der Waals surface area (Å²) in [6, 6.07) is 10.7. The smallest absolute Gasteiger partial charge is 0.368 e. The number of thiazole rings is 1. The van der Waals surface area contributed by atoms with Gasteiger partial charge in [0.1, 0.15) is 11.0 Å². The number of amides is 1. The van der Waals surface area contributed by atoms with Crippen molar-refractivity contribution in [2.24, 2.45) is 0 Å². The highest BCUT2D eigenvalue weighted by Crippen LogP contribution is 2.33. The predicted molar refractivity (Wildman–Crippen MR) is 110 cm³/mol. The number of aryl methyl sites for hydroxylation is 1. The van der Waals surface area contributed by atoms with Gasteiger partial charge in [-0.3, -0.25) is 9.78 Å². The van der Waals surface area contributed by atoms with Gasteiger partial charge < -0.3 is 9.64 Å². The third-order valence-electron chi connectivity index (χ3n) is 5.15. The molecule has 0 saturated carbocycles. The number of carbonyl (C=O) groups is 1. The summed E-state index contributed by atoms with van der Waals surface area (Å²) in [5.74, 6) is -0.0939. The van der Waals surface area contributed by atoms with E-state index in [0.29, 0.717) is 41.7 Å². The second-order valence-corrected chi connectivity index (χ2v) is 8.12. The largest absolute Gasteiger partial charge is 0.416 e. The van der Waals surface area contributed by atoms with E-state index in [1.54, 1.807) is 41.6 Å². The molecule has 9 heteroatoms. The van der Waals surface area contributed by atoms with Crippen molar-refractivity contribution in [1.82, 2.24) is 14.9 Å². The number of ether oxygens (including phenoxy) is 1. The van der Waals surface area contributed by atoms with Gasteiger partial charge in [-0.1, -0.05) is 24.3 Å². The number of hydrogen-bond acceptors (Lipinski definition) is 5. The molecule has 0 N–H and O–H groups in total. The lowest BCUT2D eigenvalue weighted by atomic mass is 10.0. The van der Waals surface area contributed by atoms with Gasteiger partial charge in [0.25, 0.3) is 5.91 Å². The fraction of sp³-hybridized carbons (Fsp3) is 0.318. The first kappa shape index (κ1) is 21.5. The first-order valence-corrected chi connectivity index (χ1v) is 10.6. The molecule has 1 aliphatic heterocycles. The van der Waals surface area contributed by atoms with Crippen LogP contribution in [-0.2, 0) is 17.3 Å². The number of nitrogens with zero attached hydrogens (tertiary/aromatic N) is 3. The van der Waals surface area contributed by atoms with E-state index in [0.717, 1.165) is 6.07 Å². The fourth-order valence-corrected chi connectivity index (χ4v) is 4.35. The summed E-state index contributed by atoms with van der Waals surface area (Å²) in [5, 5.41) is 0. The summed E-state index contributed by atoms with van der Waals surface area (Å²) < 4.78 is 45.7. The average Bonchev–Trinajstić information content (AvgIpc) is 3.19. The van der Waals surface area contributed by atoms with Gasteiger partial charge in [-0.15, -0.1) is 11.3 Å². The van der Waals surface area contributed by atoms with E-state index in [1.807, 2.05) is 0 Å². The molecule has 4 rings (SSSR count). The summed E-state index contributed by atoms with van der Waals surface area (Å²) in [4.78, 5) is 23.8. The van der Waals surface area contributed by atoms with Crippen LogP contribution in [-0.4, -0.2) is 40.5 Å². The summed E-state index contributed by atoms with van der Waals surface area (Å²) >= 11 is 1.30. The molecule has 1 aliphatic rings. The Morgan fingerprint density at radius 1 is 1.23 bits per heavy atom. The number of rotatable bonds is 4. The van der Waals surface area contributed by atoms with E-state index >= 15 is 0 Å². The molecule has 1 aromatic carbocycles. The van der Waals surface area contributed by atoms with Crippen LogP contribution in [0.3, 0.4) is 0 Å². The molecule has 1 amide bonds. The zero-order valence-corrected chi connectivity index (χ0v) is 17.5. The third kappa shape index (κ3) is 4.77. The Morgan fingerprint density at radius 3 is 2.77 bits per heavy atom. The van der Waals surface area contributed by atoms with Gasteiger partial charge >= 0.3 is 6.18 Å². The average molecular weight is 447 g/mol. The van der Waals surface area contributed by atoms with Crippen molar-refractivity contribution in [1.29, 1.82) is 0 Å². The van der Waals surface area contributed by atoms with Gasteiger partial charge in [0.2, 0.25) is 0 Å². The zero-order valence-electron chi connectivity index (χ0n) is 16.7. The van der Waals surface area contributed by atoms with Crippen LogP contribution in [0.15, 0.2) is 48.0 Å². The lowest BCUT2D eigenvalue weighted by molar-refractivity contribution is -0.138. The first-order valence-electron chi connectivity index (χ1n) is 9.75. The quantitative estimate of drug-likeness (QED) is 0.583. The monoisotopic (exact) mass is 447 g/mol. The van der Waals surface area contributed by atoms with Gasteiger partial charge in [-0.2, -0.15) is 13.2 Å². The number of carbonyl (C=O) groups excluding carboxylic acids is 1. The van der Waals surface area contributed by atoms with Gasteiger partial charge in [0, 0.05) is 18.7 Å². The number of morpholine rings is 1. The lowest BCUT2D eigenvalue weighted by Crippen LogP contribution is -2.42. The minimum Gasteiger partial charge on any atom is -0.368 e. The van der Waals surface area contributed by atoms with E-state index in [9.17, 15) is 18.0 Å². The Morgan fingerprint density at radius 2 is 2.03 bits per heavy atom. The van der Waals surface area contributed by atoms with Crippen LogP contribution in [0.2, 0.25) is 0 Å². The lowest BCUT2D eigenvalue weighted by Gasteiger charge is -2.32. The Bertz CT molecular complexity index is 1080. The number of hydrogen-bond donors (Lipinski definition) is 0. The predicted octanol–water partition coefficient (Wildman–Crippen LogP) is 4.67. The molecule has 162 valence electrons. The highest BCUT2D eigenvalue weighted by molar-refractivity contribution is 7.11. The Kier molecular flexibility index (Phi) is 6.06. The van der Waals surface area contributed by atoms with E-state index in [1.165, 1.54) is 23.5 Å². The Labute approximate surface area is 181 Å². The SMILES string of the molecule is Cc1ncsc1C(=O)N1CCO[C@H](c2cccc(Cc3ccccc3C(F)(F)F)n2)C1. The highest BCUT2D eigenvalue weighted by Gasteiger charge is 2.33. The van der Waals surface area contributed by atoms with Gasteiger partial charge in [-0.05, 0) is 30.7 Å². The molecule has 0 aliphatic carbocycles. The van der Waals surface area contributed by atoms with Crippen LogP contribution in [0.1, 0.15) is 44.0 Å². The van der Waals surface area contributed by atoms with Crippen LogP contribution >= 0.6 is 11.3 Å². The van der Waals surface area contributed by atoms with E-state index in [2.05, 4.69) is 9.97 Å². The maximum absolute atomic E-state index is 13.3. The van der Waals surface area contributed by atoms with Gasteiger partial charge in [0.05, 0.1) is 35.6 Å². The summed E-state index contributed by atoms with van der Waals surface area (Å²) in [6.07, 6.45) is -4.81. The van der Waals surface area contributed by atoms with Crippen molar-refractivity contribution >= 4 is 17.2 Å². The summed E-state index contributed by atoms with van der Waals surface area (Å²) in [7, 11) is 0. The molecule has 3 aromatic rings. The second kappa shape index (κ2) is 8.76. The van der Waals surface area contributed by atoms with Crippen molar-refractivity contribution < 1.29 is 22.7 Å². The molecule has 1 fully saturated rings. The number of alkyl halides is 3. The molecule has 1 atom stereocenters. The number of aromatic nitrogens is 2. The van der Waals surface area contributed by atoms with Crippen LogP contribution in [0.25, 0.3) is 0 Å². The first-order chi connectivity index (χ1) is 14.8. The molecule has 31 heavy (non-hydrogen) atoms. The van der Waals surface area contributed by atoms with Crippen molar-refractivity contribution in [3.8, 4) is 0 Å². The van der Waals surface area contributed by atoms with Gasteiger partial charge in [0.15, 0.2) is 0 Å². The van der Waals surface area contributed by atoms with Crippen molar-refractivity contribution in [3.63, 3.8) is 0 Å². The van der Waals surface area contributed by atoms with Crippen LogP contribution in [0.4, 0.5) is 13.2 Å². The molecule has 1 saturated heterocycles. The molecular weight excluding hydrogens is 427 g/mol. The topological polar surface area (TPSA) is 55.3 Å². The van der Waals surface area contributed by atoms with Crippen molar-refractivity contribution in [3.05, 3.63) is 81.1 Å². The fourth-order valence-electron chi connectivity index (χ4n) is 3.59. The minimum absolute atomic E-state index is 0.0545. The standard InChI is InChI=1S/C22H20F3N3O2S/c1-14-20(31-13-26-14)21(29)28-9-10-30-19(12-28)18-8-4-6-16(27-18)11-15-5-2-3-7-17(15)22(23,24)25/h2-8,13,19H,9-12H2,1H3/t19-/m0/s1. The second-order valence-electron chi connectivity index (χ2n) is 7.26. The maximum Gasteiger partial charge on any atom is 0.416 e. The molecule has 5 nitrogen and oxygen atoms in total. The molecule has 0 bridgehead atoms. The van der Waals surface area contributed by atoms with Crippen molar-refractivity contribution in [2.75, 3.05) is 19.7 Å². The highest BCUT2D eigenvalue weighted by atomic mass is 32.1. The number of pyridine rings is 1. The maximum atomic E-state index is 13.3. The minimum atomic E-state index is -4.42. The molecule has 0 unspecified atom stereocenters. The number of halogens is 3. The van der Waals surface area contributed by atoms with Gasteiger partial charge in [-0.25, -0.2) is 4.98 Å². The normalized spacial score (nSPS) is 17.0. The molecule has 2 aromatic heterocycles.